The summed E-state index contributed by atoms with van der Waals surface area (Å²) in [4.78, 5) is 24.6. The summed E-state index contributed by atoms with van der Waals surface area (Å²) < 4.78 is 0. The first-order valence-corrected chi connectivity index (χ1v) is 7.60. The van der Waals surface area contributed by atoms with Crippen LogP contribution in [0.5, 0.6) is 0 Å². The molecular formula is C14H22N4O2S. The molecule has 1 heterocycles. The molecule has 1 spiro atoms. The molecule has 6 nitrogen and oxygen atoms in total. The van der Waals surface area contributed by atoms with E-state index in [0.717, 1.165) is 23.4 Å². The molecule has 116 valence electrons. The molecule has 0 bridgehead atoms. The highest BCUT2D eigenvalue weighted by Gasteiger charge is 2.52. The Hall–Kier alpha value is -1.63. The van der Waals surface area contributed by atoms with Crippen LogP contribution in [0.25, 0.3) is 0 Å². The van der Waals surface area contributed by atoms with Gasteiger partial charge in [-0.2, -0.15) is 5.01 Å². The van der Waals surface area contributed by atoms with E-state index in [0.29, 0.717) is 25.3 Å². The zero-order valence-electron chi connectivity index (χ0n) is 12.5. The SMILES string of the molecule is C=C(C)CNC(=S)NN1C(=O)NC2(CCC(C)CC2)C1=O. The second-order valence-corrected chi connectivity index (χ2v) is 6.50. The minimum Gasteiger partial charge on any atom is -0.358 e. The molecule has 1 saturated heterocycles. The van der Waals surface area contributed by atoms with Crippen LogP contribution in [0.4, 0.5) is 4.79 Å². The first-order valence-electron chi connectivity index (χ1n) is 7.19. The van der Waals surface area contributed by atoms with Crippen molar-refractivity contribution in [2.45, 2.75) is 45.1 Å². The van der Waals surface area contributed by atoms with E-state index in [1.807, 2.05) is 6.92 Å². The zero-order valence-corrected chi connectivity index (χ0v) is 13.3. The van der Waals surface area contributed by atoms with Gasteiger partial charge in [-0.3, -0.25) is 10.2 Å². The van der Waals surface area contributed by atoms with Crippen LogP contribution in [0, 0.1) is 5.92 Å². The van der Waals surface area contributed by atoms with Crippen molar-refractivity contribution in [3.63, 3.8) is 0 Å². The van der Waals surface area contributed by atoms with Crippen molar-refractivity contribution < 1.29 is 9.59 Å². The van der Waals surface area contributed by atoms with Gasteiger partial charge >= 0.3 is 6.03 Å². The van der Waals surface area contributed by atoms with E-state index in [-0.39, 0.29) is 11.0 Å². The molecule has 0 aromatic heterocycles. The van der Waals surface area contributed by atoms with E-state index in [1.165, 1.54) is 0 Å². The van der Waals surface area contributed by atoms with Crippen LogP contribution in [0.1, 0.15) is 39.5 Å². The number of nitrogens with one attached hydrogen (secondary N) is 3. The molecule has 0 aromatic rings. The summed E-state index contributed by atoms with van der Waals surface area (Å²) in [6.45, 7) is 8.28. The molecule has 7 heteroatoms. The van der Waals surface area contributed by atoms with Gasteiger partial charge < -0.3 is 10.6 Å². The quantitative estimate of drug-likeness (QED) is 0.418. The fraction of sp³-hybridized carbons (Fsp3) is 0.643. The number of carbonyl (C=O) groups is 2. The fourth-order valence-corrected chi connectivity index (χ4v) is 2.85. The molecule has 3 N–H and O–H groups in total. The van der Waals surface area contributed by atoms with Gasteiger partial charge in [0.1, 0.15) is 5.54 Å². The van der Waals surface area contributed by atoms with Crippen LogP contribution < -0.4 is 16.1 Å². The normalized spacial score (nSPS) is 28.5. The lowest BCUT2D eigenvalue weighted by Crippen LogP contribution is -2.53. The molecule has 0 radical (unpaired) electrons. The molecule has 1 aliphatic carbocycles. The third-order valence-electron chi connectivity index (χ3n) is 4.05. The van der Waals surface area contributed by atoms with Crippen LogP contribution in [0.15, 0.2) is 12.2 Å². The van der Waals surface area contributed by atoms with Crippen molar-refractivity contribution in [3.05, 3.63) is 12.2 Å². The summed E-state index contributed by atoms with van der Waals surface area (Å²) in [7, 11) is 0. The Kier molecular flexibility index (Phi) is 4.51. The van der Waals surface area contributed by atoms with Crippen LogP contribution in [0.2, 0.25) is 0 Å². The van der Waals surface area contributed by atoms with E-state index in [1.54, 1.807) is 0 Å². The summed E-state index contributed by atoms with van der Waals surface area (Å²) in [5, 5.41) is 6.95. The summed E-state index contributed by atoms with van der Waals surface area (Å²) >= 11 is 5.09. The maximum atomic E-state index is 12.5. The highest BCUT2D eigenvalue weighted by molar-refractivity contribution is 7.80. The van der Waals surface area contributed by atoms with Crippen molar-refractivity contribution >= 4 is 29.3 Å². The average Bonchev–Trinajstić information content (AvgIpc) is 2.65. The lowest BCUT2D eigenvalue weighted by Gasteiger charge is -2.33. The van der Waals surface area contributed by atoms with Gasteiger partial charge in [0.2, 0.25) is 0 Å². The smallest absolute Gasteiger partial charge is 0.344 e. The molecule has 0 unspecified atom stereocenters. The Morgan fingerprint density at radius 3 is 2.67 bits per heavy atom. The van der Waals surface area contributed by atoms with Crippen LogP contribution in [0.3, 0.4) is 0 Å². The van der Waals surface area contributed by atoms with Gasteiger partial charge in [0.25, 0.3) is 5.91 Å². The molecule has 2 rings (SSSR count). The maximum absolute atomic E-state index is 12.5. The second kappa shape index (κ2) is 6.01. The number of amides is 3. The number of hydrogen-bond acceptors (Lipinski definition) is 3. The lowest BCUT2D eigenvalue weighted by molar-refractivity contribution is -0.133. The number of thiocarbonyl (C=S) groups is 1. The summed E-state index contributed by atoms with van der Waals surface area (Å²) in [5.41, 5.74) is 2.83. The molecule has 0 atom stereocenters. The van der Waals surface area contributed by atoms with E-state index in [4.69, 9.17) is 12.2 Å². The summed E-state index contributed by atoms with van der Waals surface area (Å²) in [5.74, 6) is 0.361. The standard InChI is InChI=1S/C14H22N4O2S/c1-9(2)8-15-12(21)17-18-11(19)14(16-13(18)20)6-4-10(3)5-7-14/h10H,1,4-8H2,2-3H3,(H,16,20)(H2,15,17,21). The van der Waals surface area contributed by atoms with Gasteiger partial charge in [0.05, 0.1) is 0 Å². The minimum absolute atomic E-state index is 0.237. The van der Waals surface area contributed by atoms with Crippen molar-refractivity contribution in [2.24, 2.45) is 5.92 Å². The number of rotatable bonds is 3. The predicted octanol–water partition coefficient (Wildman–Crippen LogP) is 1.44. The van der Waals surface area contributed by atoms with E-state index < -0.39 is 11.6 Å². The lowest BCUT2D eigenvalue weighted by atomic mass is 9.77. The number of carbonyl (C=O) groups excluding carboxylic acids is 2. The molecule has 1 saturated carbocycles. The minimum atomic E-state index is -0.749. The average molecular weight is 310 g/mol. The monoisotopic (exact) mass is 310 g/mol. The van der Waals surface area contributed by atoms with Crippen molar-refractivity contribution in [3.8, 4) is 0 Å². The third kappa shape index (κ3) is 3.34. The molecule has 3 amide bonds. The van der Waals surface area contributed by atoms with Gasteiger partial charge in [0, 0.05) is 6.54 Å². The number of hydrogen-bond donors (Lipinski definition) is 3. The highest BCUT2D eigenvalue weighted by atomic mass is 32.1. The molecule has 0 aromatic carbocycles. The Morgan fingerprint density at radius 2 is 2.10 bits per heavy atom. The summed E-state index contributed by atoms with van der Waals surface area (Å²) in [6.07, 6.45) is 3.25. The Labute approximate surface area is 130 Å². The number of urea groups is 1. The molecule has 2 aliphatic rings. The van der Waals surface area contributed by atoms with E-state index in [9.17, 15) is 9.59 Å². The van der Waals surface area contributed by atoms with Crippen molar-refractivity contribution in [2.75, 3.05) is 6.54 Å². The molecular weight excluding hydrogens is 288 g/mol. The van der Waals surface area contributed by atoms with Gasteiger partial charge in [-0.05, 0) is 50.7 Å². The third-order valence-corrected chi connectivity index (χ3v) is 4.29. The van der Waals surface area contributed by atoms with Gasteiger partial charge in [-0.15, -0.1) is 0 Å². The largest absolute Gasteiger partial charge is 0.358 e. The summed E-state index contributed by atoms with van der Waals surface area (Å²) in [6, 6.07) is -0.436. The Balaban J connectivity index is 1.98. The Bertz CT molecular complexity index is 483. The number of hydrazine groups is 1. The Morgan fingerprint density at radius 1 is 1.48 bits per heavy atom. The first kappa shape index (κ1) is 15.8. The number of nitrogens with zero attached hydrogens (tertiary/aromatic N) is 1. The first-order chi connectivity index (χ1) is 9.84. The molecule has 1 aliphatic heterocycles. The van der Waals surface area contributed by atoms with Gasteiger partial charge in [-0.25, -0.2) is 4.79 Å². The predicted molar refractivity (Wildman–Crippen MR) is 84.3 cm³/mol. The van der Waals surface area contributed by atoms with Gasteiger partial charge in [-0.1, -0.05) is 19.1 Å². The van der Waals surface area contributed by atoms with Crippen LogP contribution in [-0.4, -0.2) is 34.1 Å². The highest BCUT2D eigenvalue weighted by Crippen LogP contribution is 2.35. The van der Waals surface area contributed by atoms with Crippen molar-refractivity contribution in [1.29, 1.82) is 0 Å². The van der Waals surface area contributed by atoms with Crippen LogP contribution >= 0.6 is 12.2 Å². The van der Waals surface area contributed by atoms with Gasteiger partial charge in [0.15, 0.2) is 5.11 Å². The van der Waals surface area contributed by atoms with Crippen LogP contribution in [-0.2, 0) is 4.79 Å². The second-order valence-electron chi connectivity index (χ2n) is 6.09. The number of imide groups is 1. The maximum Gasteiger partial charge on any atom is 0.344 e. The zero-order chi connectivity index (χ0) is 15.6. The molecule has 21 heavy (non-hydrogen) atoms. The van der Waals surface area contributed by atoms with Crippen molar-refractivity contribution in [1.82, 2.24) is 21.1 Å². The molecule has 2 fully saturated rings. The van der Waals surface area contributed by atoms with E-state index >= 15 is 0 Å². The fourth-order valence-electron chi connectivity index (χ4n) is 2.69. The van der Waals surface area contributed by atoms with E-state index in [2.05, 4.69) is 29.6 Å². The topological polar surface area (TPSA) is 73.5 Å².